The van der Waals surface area contributed by atoms with Gasteiger partial charge in [-0.15, -0.1) is 0 Å². The molecule has 0 aliphatic rings. The van der Waals surface area contributed by atoms with Crippen LogP contribution in [-0.2, 0) is 42.2 Å². The van der Waals surface area contributed by atoms with Gasteiger partial charge in [0.2, 0.25) is 0 Å². The van der Waals surface area contributed by atoms with Crippen LogP contribution in [0.25, 0.3) is 0 Å². The molecule has 0 saturated heterocycles. The maximum atomic E-state index is 12.9. The van der Waals surface area contributed by atoms with E-state index in [1.165, 1.54) is 83.5 Å². The van der Waals surface area contributed by atoms with Gasteiger partial charge in [0.1, 0.15) is 12.7 Å². The minimum atomic E-state index is -4.76. The van der Waals surface area contributed by atoms with E-state index in [9.17, 15) is 28.9 Å². The molecule has 0 aliphatic carbocycles. The average Bonchev–Trinajstić information content (AvgIpc) is 3.35. The Hall–Kier alpha value is -3.08. The van der Waals surface area contributed by atoms with E-state index >= 15 is 0 Å². The summed E-state index contributed by atoms with van der Waals surface area (Å²) in [7, 11) is -4.76. The van der Waals surface area contributed by atoms with E-state index in [0.717, 1.165) is 89.9 Å². The molecule has 0 aromatic heterocycles. The first-order valence-electron chi connectivity index (χ1n) is 27.8. The molecular formula is C58H101O11P. The number of aliphatic hydroxyl groups excluding tert-OH is 1. The second-order valence-electron chi connectivity index (χ2n) is 18.4. The van der Waals surface area contributed by atoms with Gasteiger partial charge in [-0.05, 0) is 77.0 Å². The molecule has 70 heavy (non-hydrogen) atoms. The van der Waals surface area contributed by atoms with E-state index in [1.54, 1.807) is 0 Å². The second kappa shape index (κ2) is 52.2. The molecule has 3 atom stereocenters. The number of hydrogen-bond acceptors (Lipinski definition) is 10. The molecule has 404 valence electrons. The molecule has 0 aliphatic heterocycles. The van der Waals surface area contributed by atoms with Gasteiger partial charge < -0.3 is 24.2 Å². The van der Waals surface area contributed by atoms with Crippen molar-refractivity contribution in [2.24, 2.45) is 0 Å². The third-order valence-corrected chi connectivity index (χ3v) is 12.6. The lowest BCUT2D eigenvalue weighted by atomic mass is 10.0. The molecule has 3 unspecified atom stereocenters. The highest BCUT2D eigenvalue weighted by atomic mass is 31.2. The largest absolute Gasteiger partial charge is 0.472 e. The highest BCUT2D eigenvalue weighted by molar-refractivity contribution is 7.47. The number of carbonyl (C=O) groups excluding carboxylic acids is 3. The summed E-state index contributed by atoms with van der Waals surface area (Å²) in [4.78, 5) is 48.4. The quantitative estimate of drug-likeness (QED) is 0.0197. The molecule has 0 rings (SSSR count). The molecule has 0 amide bonds. The fraction of sp³-hybridized carbons (Fsp3) is 0.741. The van der Waals surface area contributed by atoms with E-state index in [1.807, 2.05) is 12.2 Å². The van der Waals surface area contributed by atoms with Crippen molar-refractivity contribution in [3.05, 3.63) is 72.9 Å². The van der Waals surface area contributed by atoms with E-state index in [2.05, 4.69) is 81.5 Å². The first kappa shape index (κ1) is 66.9. The van der Waals surface area contributed by atoms with Gasteiger partial charge in [0.05, 0.1) is 19.8 Å². The zero-order chi connectivity index (χ0) is 51.3. The molecule has 12 heteroatoms. The number of hydrogen-bond donors (Lipinski definition) is 2. The van der Waals surface area contributed by atoms with Crippen LogP contribution in [0, 0.1) is 0 Å². The third kappa shape index (κ3) is 49.9. The number of rotatable bonds is 51. The van der Waals surface area contributed by atoms with Crippen LogP contribution in [0.1, 0.15) is 239 Å². The smallest absolute Gasteiger partial charge is 0.462 e. The van der Waals surface area contributed by atoms with Crippen LogP contribution in [0.15, 0.2) is 72.9 Å². The molecule has 2 N–H and O–H groups in total. The highest BCUT2D eigenvalue weighted by Gasteiger charge is 2.28. The fourth-order valence-corrected chi connectivity index (χ4v) is 8.16. The third-order valence-electron chi connectivity index (χ3n) is 11.6. The van der Waals surface area contributed by atoms with E-state index < -0.39 is 57.8 Å². The van der Waals surface area contributed by atoms with Crippen molar-refractivity contribution in [1.29, 1.82) is 0 Å². The van der Waals surface area contributed by atoms with Gasteiger partial charge in [-0.25, -0.2) is 4.57 Å². The van der Waals surface area contributed by atoms with Crippen molar-refractivity contribution >= 4 is 25.7 Å². The Balaban J connectivity index is 4.82. The average molecular weight is 1010 g/mol. The maximum absolute atomic E-state index is 12.9. The Bertz CT molecular complexity index is 1450. The lowest BCUT2D eigenvalue weighted by molar-refractivity contribution is -0.161. The van der Waals surface area contributed by atoms with E-state index in [-0.39, 0.29) is 25.9 Å². The van der Waals surface area contributed by atoms with Gasteiger partial charge in [0.25, 0.3) is 0 Å². The van der Waals surface area contributed by atoms with Crippen LogP contribution in [0.5, 0.6) is 0 Å². The van der Waals surface area contributed by atoms with Crippen LogP contribution in [-0.4, -0.2) is 66.5 Å². The SMILES string of the molecule is CC/C=C\C/C=C\C/C=C\C/C=C\C/C=C\CCCC(=O)OC(COC(=O)CCCCCCCCCCCCCCCCC)COP(=O)(O)OCC(CO)OC(=O)CCCCCCC/C=C\CCCC. The Morgan fingerprint density at radius 1 is 0.414 bits per heavy atom. The van der Waals surface area contributed by atoms with Crippen LogP contribution < -0.4 is 0 Å². The first-order chi connectivity index (χ1) is 34.2. The van der Waals surface area contributed by atoms with Crippen molar-refractivity contribution < 1.29 is 52.2 Å². The molecule has 0 spiro atoms. The van der Waals surface area contributed by atoms with Crippen molar-refractivity contribution in [3.63, 3.8) is 0 Å². The Morgan fingerprint density at radius 2 is 0.771 bits per heavy atom. The van der Waals surface area contributed by atoms with E-state index in [4.69, 9.17) is 23.3 Å². The van der Waals surface area contributed by atoms with Crippen LogP contribution in [0.4, 0.5) is 0 Å². The summed E-state index contributed by atoms with van der Waals surface area (Å²) in [5.74, 6) is -1.54. The molecule has 11 nitrogen and oxygen atoms in total. The highest BCUT2D eigenvalue weighted by Crippen LogP contribution is 2.43. The molecule has 0 bridgehead atoms. The molecule has 0 saturated carbocycles. The first-order valence-corrected chi connectivity index (χ1v) is 29.3. The van der Waals surface area contributed by atoms with Crippen LogP contribution in [0.3, 0.4) is 0 Å². The summed E-state index contributed by atoms with van der Waals surface area (Å²) in [6.07, 6.45) is 57.3. The number of esters is 3. The van der Waals surface area contributed by atoms with Crippen molar-refractivity contribution in [3.8, 4) is 0 Å². The molecular weight excluding hydrogens is 904 g/mol. The summed E-state index contributed by atoms with van der Waals surface area (Å²) >= 11 is 0. The van der Waals surface area contributed by atoms with Gasteiger partial charge in [-0.1, -0.05) is 216 Å². The zero-order valence-corrected chi connectivity index (χ0v) is 45.4. The number of phosphoric acid groups is 1. The number of ether oxygens (including phenoxy) is 3. The van der Waals surface area contributed by atoms with Gasteiger partial charge in [-0.3, -0.25) is 23.4 Å². The minimum absolute atomic E-state index is 0.0888. The lowest BCUT2D eigenvalue weighted by Crippen LogP contribution is -2.30. The van der Waals surface area contributed by atoms with Crippen molar-refractivity contribution in [2.45, 2.75) is 251 Å². The molecule has 0 heterocycles. The summed E-state index contributed by atoms with van der Waals surface area (Å²) in [5.41, 5.74) is 0. The number of carbonyl (C=O) groups is 3. The van der Waals surface area contributed by atoms with Crippen molar-refractivity contribution in [1.82, 2.24) is 0 Å². The normalized spacial score (nSPS) is 14.0. The molecule has 0 radical (unpaired) electrons. The molecule has 0 fully saturated rings. The van der Waals surface area contributed by atoms with Gasteiger partial charge in [-0.2, -0.15) is 0 Å². The maximum Gasteiger partial charge on any atom is 0.472 e. The number of phosphoric ester groups is 1. The summed E-state index contributed by atoms with van der Waals surface area (Å²) in [6, 6.07) is 0. The van der Waals surface area contributed by atoms with Crippen LogP contribution in [0.2, 0.25) is 0 Å². The monoisotopic (exact) mass is 1000 g/mol. The Kier molecular flexibility index (Phi) is 50.0. The second-order valence-corrected chi connectivity index (χ2v) is 19.8. The number of allylic oxidation sites excluding steroid dienone is 12. The fourth-order valence-electron chi connectivity index (χ4n) is 7.37. The van der Waals surface area contributed by atoms with Gasteiger partial charge >= 0.3 is 25.7 Å². The molecule has 0 aromatic carbocycles. The van der Waals surface area contributed by atoms with Crippen molar-refractivity contribution in [2.75, 3.05) is 26.4 Å². The minimum Gasteiger partial charge on any atom is -0.462 e. The summed E-state index contributed by atoms with van der Waals surface area (Å²) in [6.45, 7) is 4.42. The lowest BCUT2D eigenvalue weighted by Gasteiger charge is -2.21. The Morgan fingerprint density at radius 3 is 1.26 bits per heavy atom. The summed E-state index contributed by atoms with van der Waals surface area (Å²) < 4.78 is 39.4. The standard InChI is InChI=1S/C58H101O11P/c1-4-7-10-13-16-19-22-24-26-27-29-31-34-37-40-43-46-49-58(62)69-55(51-65-56(60)47-44-41-38-35-33-30-28-25-23-20-17-14-11-8-5-2)53-67-70(63,64)66-52-54(50-59)68-57(61)48-45-42-39-36-32-21-18-15-12-9-6-3/h7,10,15-16,18-19,24,26,29,31,37,40,54-55,59H,4-6,8-9,11-14,17,20-23,25,27-28,30,32-36,38-39,41-53H2,1-3H3,(H,63,64)/b10-7-,18-15-,19-16-,26-24-,31-29-,40-37-. The topological polar surface area (TPSA) is 155 Å². The molecule has 0 aromatic rings. The number of unbranched alkanes of at least 4 members (excludes halogenated alkanes) is 22. The van der Waals surface area contributed by atoms with E-state index in [0.29, 0.717) is 25.7 Å². The summed E-state index contributed by atoms with van der Waals surface area (Å²) in [5, 5.41) is 9.78. The Labute approximate surface area is 427 Å². The number of aliphatic hydroxyl groups is 1. The zero-order valence-electron chi connectivity index (χ0n) is 44.5. The predicted octanol–water partition coefficient (Wildman–Crippen LogP) is 16.1. The predicted molar refractivity (Wildman–Crippen MR) is 288 cm³/mol. The van der Waals surface area contributed by atoms with Gasteiger partial charge in [0, 0.05) is 19.3 Å². The van der Waals surface area contributed by atoms with Crippen LogP contribution >= 0.6 is 7.82 Å². The van der Waals surface area contributed by atoms with Gasteiger partial charge in [0.15, 0.2) is 6.10 Å².